The molecule has 2 aromatic heterocycles. The molecular formula is C30H43ClN6O6SSi. The Labute approximate surface area is 270 Å². The summed E-state index contributed by atoms with van der Waals surface area (Å²) in [5.74, 6) is 0.691. The number of pyridine rings is 1. The van der Waals surface area contributed by atoms with Gasteiger partial charge in [0, 0.05) is 64.7 Å². The largest absolute Gasteiger partial charge is 0.456 e. The highest BCUT2D eigenvalue weighted by atomic mass is 35.5. The zero-order valence-electron chi connectivity index (χ0n) is 26.5. The molecule has 0 spiro atoms. The van der Waals surface area contributed by atoms with Crippen LogP contribution < -0.4 is 14.5 Å². The average molecular weight is 679 g/mol. The van der Waals surface area contributed by atoms with Gasteiger partial charge in [-0.2, -0.15) is 4.98 Å². The summed E-state index contributed by atoms with van der Waals surface area (Å²) in [5.41, 5.74) is 2.31. The number of aliphatic hydroxyl groups excluding tert-OH is 1. The zero-order chi connectivity index (χ0) is 31.9. The Balaban J connectivity index is 1.21. The van der Waals surface area contributed by atoms with E-state index in [1.165, 1.54) is 0 Å². The second-order valence-corrected chi connectivity index (χ2v) is 21.5. The third kappa shape index (κ3) is 6.97. The maximum Gasteiger partial charge on any atom is 0.301 e. The van der Waals surface area contributed by atoms with Crippen molar-refractivity contribution in [1.29, 1.82) is 0 Å². The van der Waals surface area contributed by atoms with Gasteiger partial charge in [-0.25, -0.2) is 13.6 Å². The number of benzene rings is 1. The van der Waals surface area contributed by atoms with E-state index in [2.05, 4.69) is 33.8 Å². The molecule has 3 fully saturated rings. The fourth-order valence-corrected chi connectivity index (χ4v) is 7.70. The first-order valence-electron chi connectivity index (χ1n) is 15.4. The van der Waals surface area contributed by atoms with Crippen molar-refractivity contribution in [3.8, 4) is 6.01 Å². The minimum atomic E-state index is -2.36. The third-order valence-electron chi connectivity index (χ3n) is 8.64. The van der Waals surface area contributed by atoms with Crippen LogP contribution in [0.2, 0.25) is 30.7 Å². The topological polar surface area (TPSA) is 124 Å². The highest BCUT2D eigenvalue weighted by molar-refractivity contribution is 7.93. The molecule has 0 amide bonds. The van der Waals surface area contributed by atoms with E-state index in [-0.39, 0.29) is 19.4 Å². The number of aliphatic hydroxyl groups is 1. The highest BCUT2D eigenvalue weighted by Gasteiger charge is 2.49. The monoisotopic (exact) mass is 678 g/mol. The molecule has 45 heavy (non-hydrogen) atoms. The van der Waals surface area contributed by atoms with Gasteiger partial charge in [-0.1, -0.05) is 31.2 Å². The Morgan fingerprint density at radius 2 is 1.76 bits per heavy atom. The Morgan fingerprint density at radius 1 is 1.07 bits per heavy atom. The summed E-state index contributed by atoms with van der Waals surface area (Å²) < 4.78 is 42.6. The molecule has 3 aliphatic heterocycles. The lowest BCUT2D eigenvalue weighted by Gasteiger charge is -2.37. The van der Waals surface area contributed by atoms with Crippen LogP contribution in [-0.2, 0) is 30.7 Å². The Kier molecular flexibility index (Phi) is 9.36. The van der Waals surface area contributed by atoms with Gasteiger partial charge in [0.05, 0.1) is 28.0 Å². The molecule has 0 radical (unpaired) electrons. The molecular weight excluding hydrogens is 636 g/mol. The van der Waals surface area contributed by atoms with Crippen LogP contribution in [0.4, 0.5) is 11.5 Å². The molecule has 0 saturated carbocycles. The predicted molar refractivity (Wildman–Crippen MR) is 178 cm³/mol. The van der Waals surface area contributed by atoms with Crippen molar-refractivity contribution >= 4 is 52.1 Å². The molecule has 5 atom stereocenters. The normalized spacial score (nSPS) is 25.0. The Morgan fingerprint density at radius 3 is 2.44 bits per heavy atom. The van der Waals surface area contributed by atoms with E-state index in [0.29, 0.717) is 41.2 Å². The predicted octanol–water partition coefficient (Wildman–Crippen LogP) is 3.72. The molecule has 0 bridgehead atoms. The smallest absolute Gasteiger partial charge is 0.301 e. The molecule has 1 N–H and O–H groups in total. The van der Waals surface area contributed by atoms with Crippen LogP contribution in [-0.4, -0.2) is 116 Å². The number of rotatable bonds is 10. The van der Waals surface area contributed by atoms with Crippen molar-refractivity contribution in [2.75, 3.05) is 69.1 Å². The summed E-state index contributed by atoms with van der Waals surface area (Å²) in [6, 6.07) is 11.0. The van der Waals surface area contributed by atoms with Crippen LogP contribution in [0.15, 0.2) is 39.6 Å². The number of hydrogen-bond donors (Lipinski definition) is 1. The van der Waals surface area contributed by atoms with E-state index in [0.717, 1.165) is 42.8 Å². The van der Waals surface area contributed by atoms with Gasteiger partial charge in [0.25, 0.3) is 0 Å². The summed E-state index contributed by atoms with van der Waals surface area (Å²) in [6.45, 7) is 11.3. The van der Waals surface area contributed by atoms with Crippen LogP contribution in [0.25, 0.3) is 11.2 Å². The summed E-state index contributed by atoms with van der Waals surface area (Å²) >= 11 is 6.82. The quantitative estimate of drug-likeness (QED) is 0.251. The van der Waals surface area contributed by atoms with E-state index < -0.39 is 36.1 Å². The fourth-order valence-electron chi connectivity index (χ4n) is 5.83. The van der Waals surface area contributed by atoms with E-state index in [1.54, 1.807) is 13.3 Å². The summed E-state index contributed by atoms with van der Waals surface area (Å²) in [5, 5.41) is 10.7. The summed E-state index contributed by atoms with van der Waals surface area (Å²) in [7, 11) is -2.05. The first-order chi connectivity index (χ1) is 21.4. The summed E-state index contributed by atoms with van der Waals surface area (Å²) in [4.78, 5) is 15.0. The molecule has 6 rings (SSSR count). The van der Waals surface area contributed by atoms with Gasteiger partial charge < -0.3 is 33.9 Å². The van der Waals surface area contributed by atoms with Crippen LogP contribution in [0.1, 0.15) is 0 Å². The number of fused-ring (bicyclic) bond motifs is 2. The molecule has 12 nitrogen and oxygen atoms in total. The van der Waals surface area contributed by atoms with Crippen molar-refractivity contribution in [1.82, 2.24) is 14.5 Å². The van der Waals surface area contributed by atoms with E-state index in [4.69, 9.17) is 40.5 Å². The van der Waals surface area contributed by atoms with Crippen LogP contribution >= 0.6 is 11.6 Å². The van der Waals surface area contributed by atoms with Crippen molar-refractivity contribution in [2.45, 2.75) is 61.7 Å². The average Bonchev–Trinajstić information content (AvgIpc) is 3.69. The Hall–Kier alpha value is -2.46. The van der Waals surface area contributed by atoms with Crippen LogP contribution in [0, 0.1) is 0 Å². The Bertz CT molecular complexity index is 1630. The van der Waals surface area contributed by atoms with E-state index in [1.807, 2.05) is 34.9 Å². The minimum absolute atomic E-state index is 0.222. The summed E-state index contributed by atoms with van der Waals surface area (Å²) in [6.07, 6.45) is -0.198. The fraction of sp³-hybridized carbons (Fsp3) is 0.600. The lowest BCUT2D eigenvalue weighted by Crippen LogP contribution is -2.47. The lowest BCUT2D eigenvalue weighted by atomic mass is 10.1. The van der Waals surface area contributed by atoms with Gasteiger partial charge in [0.15, 0.2) is 11.8 Å². The van der Waals surface area contributed by atoms with Crippen LogP contribution in [0.5, 0.6) is 6.01 Å². The van der Waals surface area contributed by atoms with Crippen molar-refractivity contribution in [3.63, 3.8) is 0 Å². The number of nitrogens with zero attached hydrogens (tertiary/aromatic N) is 6. The van der Waals surface area contributed by atoms with E-state index >= 15 is 0 Å². The molecule has 1 aromatic carbocycles. The van der Waals surface area contributed by atoms with Gasteiger partial charge in [-0.3, -0.25) is 4.57 Å². The molecule has 3 aliphatic rings. The van der Waals surface area contributed by atoms with Gasteiger partial charge >= 0.3 is 6.01 Å². The molecule has 246 valence electrons. The number of anilines is 2. The molecule has 5 heterocycles. The first kappa shape index (κ1) is 32.5. The number of aromatic nitrogens is 3. The first-order valence-corrected chi connectivity index (χ1v) is 21.4. The number of imidazole rings is 1. The maximum absolute atomic E-state index is 12.6. The third-order valence-corrected chi connectivity index (χ3v) is 12.5. The van der Waals surface area contributed by atoms with Crippen molar-refractivity contribution in [2.24, 2.45) is 4.36 Å². The van der Waals surface area contributed by atoms with Gasteiger partial charge in [0.1, 0.15) is 36.4 Å². The zero-order valence-corrected chi connectivity index (χ0v) is 29.1. The standard InChI is InChI=1S/C30H43ClN6O6SSi/c1-32-44(2,39)21-8-6-20(7-9-21)35-10-12-36(13-11-35)28-22(31)16-23-29(34-28)37(19-40-14-15-45(3,4)5)30(33-23)43-25-18-42-26-24(38)17-41-27(25)26/h6-9,16,24-27,38H,10-15,17-19H2,1-5H3/t24-,25-,26-,27-,44?/m1/s1. The number of hydrogen-bond acceptors (Lipinski definition) is 11. The second-order valence-electron chi connectivity index (χ2n) is 13.1. The number of piperazine rings is 1. The van der Waals surface area contributed by atoms with Crippen molar-refractivity contribution in [3.05, 3.63) is 35.4 Å². The van der Waals surface area contributed by atoms with Gasteiger partial charge in [-0.15, -0.1) is 0 Å². The minimum Gasteiger partial charge on any atom is -0.456 e. The van der Waals surface area contributed by atoms with Crippen LogP contribution in [0.3, 0.4) is 0 Å². The van der Waals surface area contributed by atoms with E-state index in [9.17, 15) is 9.32 Å². The van der Waals surface area contributed by atoms with Gasteiger partial charge in [0.2, 0.25) is 0 Å². The highest BCUT2D eigenvalue weighted by Crippen LogP contribution is 2.34. The molecule has 3 saturated heterocycles. The number of ether oxygens (including phenoxy) is 4. The molecule has 3 aromatic rings. The van der Waals surface area contributed by atoms with Crippen molar-refractivity contribution < 1.29 is 28.3 Å². The number of halogens is 1. The molecule has 0 aliphatic carbocycles. The lowest BCUT2D eigenvalue weighted by molar-refractivity contribution is 0.00336. The SMILES string of the molecule is CN=S(C)(=O)c1ccc(N2CCN(c3nc4c(cc3Cl)nc(O[C@@H]3CO[C@H]5[C@@H]3OC[C@H]5O)n4COCC[Si](C)(C)C)CC2)cc1. The maximum atomic E-state index is 12.6. The van der Waals surface area contributed by atoms with Gasteiger partial charge in [-0.05, 0) is 36.4 Å². The second kappa shape index (κ2) is 13.0. The molecule has 1 unspecified atom stereocenters. The molecule has 15 heteroatoms.